The SMILES string of the molecule is CC(C)CC(CCC(=O)[C@H](Cc1ccc2ccccc2c1)NC(=O)OCc1ccccc1)C(=O)N[C@H](C=O)CC(C)C. The van der Waals surface area contributed by atoms with Gasteiger partial charge in [-0.05, 0) is 59.4 Å². The Hall–Kier alpha value is -4.00. The van der Waals surface area contributed by atoms with Crippen LogP contribution in [-0.2, 0) is 32.1 Å². The van der Waals surface area contributed by atoms with Crippen LogP contribution in [0.25, 0.3) is 10.8 Å². The van der Waals surface area contributed by atoms with Crippen LogP contribution in [0.15, 0.2) is 72.8 Å². The number of amides is 2. The maximum absolute atomic E-state index is 13.6. The molecule has 224 valence electrons. The van der Waals surface area contributed by atoms with Gasteiger partial charge in [-0.15, -0.1) is 0 Å². The lowest BCUT2D eigenvalue weighted by Gasteiger charge is -2.23. The van der Waals surface area contributed by atoms with Crippen molar-refractivity contribution in [3.63, 3.8) is 0 Å². The number of nitrogens with one attached hydrogen (secondary N) is 2. The number of aldehydes is 1. The topological polar surface area (TPSA) is 102 Å². The predicted octanol–water partition coefficient (Wildman–Crippen LogP) is 6.42. The molecule has 0 bridgehead atoms. The summed E-state index contributed by atoms with van der Waals surface area (Å²) in [5.74, 6) is -0.315. The number of carbonyl (C=O) groups excluding carboxylic acids is 4. The van der Waals surface area contributed by atoms with E-state index in [1.54, 1.807) is 0 Å². The van der Waals surface area contributed by atoms with Crippen molar-refractivity contribution in [2.45, 2.75) is 78.5 Å². The Labute approximate surface area is 249 Å². The summed E-state index contributed by atoms with van der Waals surface area (Å²) in [6.07, 6.45) is 1.99. The number of fused-ring (bicyclic) bond motifs is 1. The van der Waals surface area contributed by atoms with Gasteiger partial charge in [0.2, 0.25) is 5.91 Å². The lowest BCUT2D eigenvalue weighted by Crippen LogP contribution is -2.44. The van der Waals surface area contributed by atoms with Gasteiger partial charge in [0.15, 0.2) is 5.78 Å². The van der Waals surface area contributed by atoms with Crippen LogP contribution in [0.1, 0.15) is 64.5 Å². The molecule has 3 aromatic carbocycles. The molecule has 0 aromatic heterocycles. The van der Waals surface area contributed by atoms with Crippen LogP contribution in [0.2, 0.25) is 0 Å². The molecule has 3 atom stereocenters. The van der Waals surface area contributed by atoms with Crippen molar-refractivity contribution in [1.82, 2.24) is 10.6 Å². The number of ether oxygens (including phenoxy) is 1. The van der Waals surface area contributed by atoms with E-state index in [9.17, 15) is 19.2 Å². The molecular formula is C35H44N2O5. The van der Waals surface area contributed by atoms with Gasteiger partial charge in [-0.3, -0.25) is 9.59 Å². The van der Waals surface area contributed by atoms with Gasteiger partial charge in [0.05, 0.1) is 12.1 Å². The highest BCUT2D eigenvalue weighted by Gasteiger charge is 2.27. The highest BCUT2D eigenvalue weighted by atomic mass is 16.5. The van der Waals surface area contributed by atoms with Gasteiger partial charge in [-0.2, -0.15) is 0 Å². The molecule has 0 aliphatic rings. The lowest BCUT2D eigenvalue weighted by atomic mass is 9.89. The van der Waals surface area contributed by atoms with Crippen LogP contribution >= 0.6 is 0 Å². The summed E-state index contributed by atoms with van der Waals surface area (Å²) in [5, 5.41) is 7.79. The Bertz CT molecular complexity index is 1320. The Balaban J connectivity index is 1.72. The van der Waals surface area contributed by atoms with E-state index >= 15 is 0 Å². The first-order valence-corrected chi connectivity index (χ1v) is 14.9. The molecule has 0 heterocycles. The number of Topliss-reactive ketones (excluding diaryl/α,β-unsaturated/α-hetero) is 1. The molecule has 0 saturated carbocycles. The summed E-state index contributed by atoms with van der Waals surface area (Å²) in [6.45, 7) is 8.15. The van der Waals surface area contributed by atoms with Crippen molar-refractivity contribution in [3.05, 3.63) is 83.9 Å². The van der Waals surface area contributed by atoms with Crippen LogP contribution in [-0.4, -0.2) is 36.2 Å². The van der Waals surface area contributed by atoms with Crippen molar-refractivity contribution >= 4 is 34.8 Å². The molecule has 3 rings (SSSR count). The largest absolute Gasteiger partial charge is 0.445 e. The van der Waals surface area contributed by atoms with E-state index in [1.165, 1.54) is 0 Å². The number of alkyl carbamates (subject to hydrolysis) is 1. The first-order valence-electron chi connectivity index (χ1n) is 14.9. The highest BCUT2D eigenvalue weighted by Crippen LogP contribution is 2.21. The van der Waals surface area contributed by atoms with E-state index in [4.69, 9.17) is 4.74 Å². The monoisotopic (exact) mass is 572 g/mol. The molecule has 42 heavy (non-hydrogen) atoms. The second-order valence-corrected chi connectivity index (χ2v) is 11.9. The van der Waals surface area contributed by atoms with Crippen LogP contribution < -0.4 is 10.6 Å². The first-order chi connectivity index (χ1) is 20.1. The van der Waals surface area contributed by atoms with Crippen molar-refractivity contribution in [1.29, 1.82) is 0 Å². The summed E-state index contributed by atoms with van der Waals surface area (Å²) in [5.41, 5.74) is 1.76. The summed E-state index contributed by atoms with van der Waals surface area (Å²) in [7, 11) is 0. The molecule has 0 aliphatic carbocycles. The average Bonchev–Trinajstić information content (AvgIpc) is 2.97. The van der Waals surface area contributed by atoms with Crippen LogP contribution in [0, 0.1) is 17.8 Å². The zero-order valence-corrected chi connectivity index (χ0v) is 25.2. The minimum absolute atomic E-state index is 0.0917. The second-order valence-electron chi connectivity index (χ2n) is 11.9. The van der Waals surface area contributed by atoms with Crippen LogP contribution in [0.4, 0.5) is 4.79 Å². The molecule has 0 fully saturated rings. The number of benzene rings is 3. The fraction of sp³-hybridized carbons (Fsp3) is 0.429. The number of ketones is 1. The molecule has 1 unspecified atom stereocenters. The van der Waals surface area contributed by atoms with E-state index in [2.05, 4.69) is 10.6 Å². The van der Waals surface area contributed by atoms with E-state index in [0.717, 1.165) is 28.2 Å². The standard InChI is InChI=1S/C35H44N2O5/c1-24(2)18-30(34(40)36-31(22-38)19-25(3)4)16-17-33(39)32(37-35(41)42-23-26-10-6-5-7-11-26)21-27-14-15-28-12-8-9-13-29(28)20-27/h5-15,20,22,24-25,30-32H,16-19,21,23H2,1-4H3,(H,36,40)(H,37,41)/t30?,31-,32-/m0/s1. The molecule has 7 heteroatoms. The maximum atomic E-state index is 13.6. The maximum Gasteiger partial charge on any atom is 0.408 e. The van der Waals surface area contributed by atoms with Gasteiger partial charge in [-0.25, -0.2) is 4.79 Å². The molecule has 3 aromatic rings. The predicted molar refractivity (Wildman–Crippen MR) is 166 cm³/mol. The third kappa shape index (κ3) is 10.8. The minimum Gasteiger partial charge on any atom is -0.445 e. The minimum atomic E-state index is -0.819. The first kappa shape index (κ1) is 32.5. The van der Waals surface area contributed by atoms with Gasteiger partial charge in [0.25, 0.3) is 0 Å². The number of hydrogen-bond acceptors (Lipinski definition) is 5. The van der Waals surface area contributed by atoms with Crippen molar-refractivity contribution < 1.29 is 23.9 Å². The number of hydrogen-bond donors (Lipinski definition) is 2. The van der Waals surface area contributed by atoms with Crippen molar-refractivity contribution in [3.8, 4) is 0 Å². The van der Waals surface area contributed by atoms with E-state index in [-0.39, 0.29) is 36.6 Å². The van der Waals surface area contributed by atoms with Gasteiger partial charge in [-0.1, -0.05) is 100 Å². The molecular weight excluding hydrogens is 528 g/mol. The fourth-order valence-corrected chi connectivity index (χ4v) is 5.13. The van der Waals surface area contributed by atoms with Crippen molar-refractivity contribution in [2.75, 3.05) is 0 Å². The summed E-state index contributed by atoms with van der Waals surface area (Å²) < 4.78 is 5.42. The molecule has 7 nitrogen and oxygen atoms in total. The molecule has 0 saturated heterocycles. The molecule has 0 aliphatic heterocycles. The quantitative estimate of drug-likeness (QED) is 0.193. The molecule has 0 radical (unpaired) electrons. The summed E-state index contributed by atoms with van der Waals surface area (Å²) >= 11 is 0. The smallest absolute Gasteiger partial charge is 0.408 e. The molecule has 2 N–H and O–H groups in total. The molecule has 2 amide bonds. The third-order valence-corrected chi connectivity index (χ3v) is 7.23. The van der Waals surface area contributed by atoms with Gasteiger partial charge >= 0.3 is 6.09 Å². The van der Waals surface area contributed by atoms with Crippen LogP contribution in [0.3, 0.4) is 0 Å². The number of rotatable bonds is 16. The molecule has 0 spiro atoms. The normalized spacial score (nSPS) is 13.4. The van der Waals surface area contributed by atoms with Gasteiger partial charge in [0, 0.05) is 12.3 Å². The summed E-state index contributed by atoms with van der Waals surface area (Å²) in [4.78, 5) is 51.1. The Morgan fingerprint density at radius 3 is 2.12 bits per heavy atom. The third-order valence-electron chi connectivity index (χ3n) is 7.23. The highest BCUT2D eigenvalue weighted by molar-refractivity contribution is 5.89. The summed E-state index contributed by atoms with van der Waals surface area (Å²) in [6, 6.07) is 21.9. The van der Waals surface area contributed by atoms with Crippen LogP contribution in [0.5, 0.6) is 0 Å². The van der Waals surface area contributed by atoms with Gasteiger partial charge in [0.1, 0.15) is 12.9 Å². The lowest BCUT2D eigenvalue weighted by molar-refractivity contribution is -0.129. The van der Waals surface area contributed by atoms with E-state index in [0.29, 0.717) is 25.7 Å². The Morgan fingerprint density at radius 2 is 1.45 bits per heavy atom. The Morgan fingerprint density at radius 1 is 0.786 bits per heavy atom. The second kappa shape index (κ2) is 16.4. The van der Waals surface area contributed by atoms with E-state index < -0.39 is 24.1 Å². The Kier molecular flexibility index (Phi) is 12.7. The number of carbonyl (C=O) groups is 4. The zero-order valence-electron chi connectivity index (χ0n) is 25.2. The fourth-order valence-electron chi connectivity index (χ4n) is 5.13. The zero-order chi connectivity index (χ0) is 30.5. The van der Waals surface area contributed by atoms with E-state index in [1.807, 2.05) is 100 Å². The van der Waals surface area contributed by atoms with Gasteiger partial charge < -0.3 is 20.2 Å². The van der Waals surface area contributed by atoms with Crippen molar-refractivity contribution in [2.24, 2.45) is 17.8 Å². The average molecular weight is 573 g/mol.